The molecule has 0 amide bonds. The first kappa shape index (κ1) is 33.7. The van der Waals surface area contributed by atoms with Gasteiger partial charge in [0.25, 0.3) is 0 Å². The number of nitrogens with zero attached hydrogens (tertiary/aromatic N) is 3. The average molecular weight is 780 g/mol. The second-order valence-corrected chi connectivity index (χ2v) is 20.2. The summed E-state index contributed by atoms with van der Waals surface area (Å²) in [7, 11) is -2.99. The highest BCUT2D eigenvalue weighted by Crippen LogP contribution is 2.40. The van der Waals surface area contributed by atoms with Gasteiger partial charge in [0, 0.05) is 57.0 Å². The van der Waals surface area contributed by atoms with Crippen molar-refractivity contribution >= 4 is 91.8 Å². The monoisotopic (exact) mass is 779 g/mol. The molecule has 6 heteroatoms. The smallest absolute Gasteiger partial charge is 0.180 e. The van der Waals surface area contributed by atoms with Crippen molar-refractivity contribution in [1.29, 1.82) is 0 Å². The Morgan fingerprint density at radius 2 is 0.789 bits per heavy atom. The molecule has 11 aromatic rings. The minimum atomic E-state index is -2.99. The number of aromatic nitrogens is 3. The van der Waals surface area contributed by atoms with E-state index in [1.807, 2.05) is 29.5 Å². The van der Waals surface area contributed by atoms with Gasteiger partial charge in [0.15, 0.2) is 25.5 Å². The van der Waals surface area contributed by atoms with E-state index in [0.29, 0.717) is 17.5 Å². The molecule has 0 fully saturated rings. The van der Waals surface area contributed by atoms with Crippen LogP contribution in [-0.4, -0.2) is 23.0 Å². The van der Waals surface area contributed by atoms with E-state index in [1.165, 1.54) is 61.1 Å². The fourth-order valence-electron chi connectivity index (χ4n) is 8.62. The molecule has 3 nitrogen and oxygen atoms in total. The Hall–Kier alpha value is -6.57. The zero-order valence-corrected chi connectivity index (χ0v) is 33.3. The number of fused-ring (bicyclic) bond motifs is 6. The lowest BCUT2D eigenvalue weighted by Gasteiger charge is -2.35. The molecule has 0 radical (unpaired) electrons. The molecule has 3 heterocycles. The predicted octanol–water partition coefficient (Wildman–Crippen LogP) is 11.0. The van der Waals surface area contributed by atoms with E-state index in [0.717, 1.165) is 16.7 Å². The minimum absolute atomic E-state index is 0.653. The molecule has 0 aliphatic heterocycles. The first-order valence-electron chi connectivity index (χ1n) is 19.1. The van der Waals surface area contributed by atoms with Crippen LogP contribution in [0.25, 0.3) is 74.5 Å². The van der Waals surface area contributed by atoms with E-state index in [-0.39, 0.29) is 0 Å². The van der Waals surface area contributed by atoms with Gasteiger partial charge in [-0.25, -0.2) is 15.0 Å². The van der Waals surface area contributed by atoms with E-state index >= 15 is 0 Å². The van der Waals surface area contributed by atoms with Crippen LogP contribution >= 0.6 is 22.7 Å². The lowest BCUT2D eigenvalue weighted by molar-refractivity contribution is 1.08. The van der Waals surface area contributed by atoms with Crippen LogP contribution in [-0.2, 0) is 0 Å². The molecule has 0 unspecified atom stereocenters. The molecule has 268 valence electrons. The third kappa shape index (κ3) is 5.56. The number of thiophene rings is 2. The predicted molar refractivity (Wildman–Crippen MR) is 246 cm³/mol. The van der Waals surface area contributed by atoms with Gasteiger partial charge in [-0.05, 0) is 45.0 Å². The molecule has 8 aromatic carbocycles. The van der Waals surface area contributed by atoms with E-state index < -0.39 is 8.07 Å². The van der Waals surface area contributed by atoms with Gasteiger partial charge in [0.2, 0.25) is 0 Å². The van der Waals surface area contributed by atoms with Gasteiger partial charge in [-0.3, -0.25) is 0 Å². The van der Waals surface area contributed by atoms with Crippen molar-refractivity contribution in [2.45, 2.75) is 0 Å². The summed E-state index contributed by atoms with van der Waals surface area (Å²) in [6.07, 6.45) is 0. The number of hydrogen-bond acceptors (Lipinski definition) is 5. The Kier molecular flexibility index (Phi) is 8.21. The van der Waals surface area contributed by atoms with Crippen molar-refractivity contribution in [3.63, 3.8) is 0 Å². The maximum atomic E-state index is 5.36. The van der Waals surface area contributed by atoms with Crippen LogP contribution < -0.4 is 20.7 Å². The Bertz CT molecular complexity index is 3210. The fraction of sp³-hybridized carbons (Fsp3) is 0. The van der Waals surface area contributed by atoms with Gasteiger partial charge in [0.05, 0.1) is 0 Å². The summed E-state index contributed by atoms with van der Waals surface area (Å²) in [6, 6.07) is 72.5. The minimum Gasteiger partial charge on any atom is -0.208 e. The summed E-state index contributed by atoms with van der Waals surface area (Å²) < 4.78 is 5.08. The van der Waals surface area contributed by atoms with Gasteiger partial charge < -0.3 is 0 Å². The Morgan fingerprint density at radius 1 is 0.333 bits per heavy atom. The second kappa shape index (κ2) is 13.9. The quantitative estimate of drug-likeness (QED) is 0.119. The average Bonchev–Trinajstić information content (AvgIpc) is 3.87. The standard InChI is InChI=1S/C51H33N3S2Si/c1-4-17-34(18-5-1)49-52-50(54-51(53-49)41-27-15-30-44-47(41)39-25-10-12-28-42(39)55-44)35-19-14-24-38(33-35)57(36-20-6-2-7-21-36,37-22-8-3-9-23-37)46-32-16-31-45-48(46)40-26-11-13-29-43(40)56-45/h1-33H. The molecule has 57 heavy (non-hydrogen) atoms. The van der Waals surface area contributed by atoms with Crippen molar-refractivity contribution in [2.24, 2.45) is 0 Å². The number of hydrogen-bond donors (Lipinski definition) is 0. The summed E-state index contributed by atoms with van der Waals surface area (Å²) >= 11 is 3.68. The van der Waals surface area contributed by atoms with E-state index in [4.69, 9.17) is 15.0 Å². The van der Waals surface area contributed by atoms with Gasteiger partial charge in [-0.2, -0.15) is 0 Å². The molecule has 0 saturated heterocycles. The van der Waals surface area contributed by atoms with E-state index in [1.54, 1.807) is 11.3 Å². The van der Waals surface area contributed by atoms with Crippen LogP contribution in [0.2, 0.25) is 0 Å². The van der Waals surface area contributed by atoms with Gasteiger partial charge >= 0.3 is 0 Å². The summed E-state index contributed by atoms with van der Waals surface area (Å²) in [5.41, 5.74) is 2.92. The van der Waals surface area contributed by atoms with Gasteiger partial charge in [0.1, 0.15) is 0 Å². The normalized spacial score (nSPS) is 11.9. The van der Waals surface area contributed by atoms with Crippen molar-refractivity contribution in [2.75, 3.05) is 0 Å². The molecule has 11 rings (SSSR count). The van der Waals surface area contributed by atoms with Crippen LogP contribution in [0.15, 0.2) is 200 Å². The highest BCUT2D eigenvalue weighted by molar-refractivity contribution is 7.27. The molecule has 0 spiro atoms. The molecule has 0 aliphatic rings. The first-order valence-corrected chi connectivity index (χ1v) is 22.7. The summed E-state index contributed by atoms with van der Waals surface area (Å²) in [6.45, 7) is 0. The van der Waals surface area contributed by atoms with Crippen molar-refractivity contribution in [3.05, 3.63) is 200 Å². The molecule has 0 N–H and O–H groups in total. The fourth-order valence-corrected chi connectivity index (χ4v) is 16.0. The highest BCUT2D eigenvalue weighted by atomic mass is 32.1. The number of rotatable bonds is 7. The summed E-state index contributed by atoms with van der Waals surface area (Å²) in [5, 5.41) is 10.3. The van der Waals surface area contributed by atoms with Crippen molar-refractivity contribution in [1.82, 2.24) is 15.0 Å². The lowest BCUT2D eigenvalue weighted by atomic mass is 10.1. The molecule has 3 aromatic heterocycles. The number of benzene rings is 8. The van der Waals surface area contributed by atoms with Crippen molar-refractivity contribution < 1.29 is 0 Å². The zero-order valence-electron chi connectivity index (χ0n) is 30.7. The zero-order chi connectivity index (χ0) is 37.8. The van der Waals surface area contributed by atoms with Crippen LogP contribution in [0.3, 0.4) is 0 Å². The largest absolute Gasteiger partial charge is 0.208 e. The van der Waals surface area contributed by atoms with Crippen LogP contribution in [0.5, 0.6) is 0 Å². The topological polar surface area (TPSA) is 38.7 Å². The molecule has 0 atom stereocenters. The van der Waals surface area contributed by atoms with Crippen LogP contribution in [0.4, 0.5) is 0 Å². The first-order chi connectivity index (χ1) is 28.3. The molecule has 0 aliphatic carbocycles. The van der Waals surface area contributed by atoms with Gasteiger partial charge in [-0.1, -0.05) is 176 Å². The Morgan fingerprint density at radius 3 is 1.46 bits per heavy atom. The van der Waals surface area contributed by atoms with E-state index in [9.17, 15) is 0 Å². The SMILES string of the molecule is c1ccc(-c2nc(-c3cccc([Si](c4ccccc4)(c4ccccc4)c4cccc5sc6ccccc6c45)c3)nc(-c3cccc4sc5ccccc5c34)n2)cc1. The molecule has 0 saturated carbocycles. The van der Waals surface area contributed by atoms with Gasteiger partial charge in [-0.15, -0.1) is 22.7 Å². The molecular formula is C51H33N3S2Si. The molecular weight excluding hydrogens is 747 g/mol. The summed E-state index contributed by atoms with van der Waals surface area (Å²) in [5.74, 6) is 1.98. The van der Waals surface area contributed by atoms with Crippen molar-refractivity contribution in [3.8, 4) is 34.2 Å². The van der Waals surface area contributed by atoms with E-state index in [2.05, 4.69) is 182 Å². The Labute approximate surface area is 339 Å². The Balaban J connectivity index is 1.20. The second-order valence-electron chi connectivity index (χ2n) is 14.3. The summed E-state index contributed by atoms with van der Waals surface area (Å²) in [4.78, 5) is 15.8. The molecule has 0 bridgehead atoms. The third-order valence-electron chi connectivity index (χ3n) is 11.1. The van der Waals surface area contributed by atoms with Crippen LogP contribution in [0.1, 0.15) is 0 Å². The van der Waals surface area contributed by atoms with Crippen LogP contribution in [0, 0.1) is 0 Å². The maximum absolute atomic E-state index is 5.36. The lowest BCUT2D eigenvalue weighted by Crippen LogP contribution is -2.74. The third-order valence-corrected chi connectivity index (χ3v) is 18.2. The maximum Gasteiger partial charge on any atom is 0.180 e. The highest BCUT2D eigenvalue weighted by Gasteiger charge is 2.43.